The molecule has 0 radical (unpaired) electrons. The molecule has 1 rings (SSSR count). The topological polar surface area (TPSA) is 52.6 Å². The summed E-state index contributed by atoms with van der Waals surface area (Å²) in [6.45, 7) is 12.7. The highest BCUT2D eigenvalue weighted by molar-refractivity contribution is 4.65. The molecule has 0 aromatic carbocycles. The maximum absolute atomic E-state index is 5.80. The second kappa shape index (κ2) is 15.7. The summed E-state index contributed by atoms with van der Waals surface area (Å²) in [6.07, 6.45) is 1.63. The normalized spacial score (nSPS) is 25.1. The first kappa shape index (κ1) is 22.5. The fourth-order valence-corrected chi connectivity index (χ4v) is 2.24. The molecule has 148 valence electrons. The highest BCUT2D eigenvalue weighted by atomic mass is 16.6. The minimum atomic E-state index is -0.101. The number of likely N-dealkylation sites (N-methyl/N-ethyl adjacent to an activating group) is 2. The molecule has 1 fully saturated rings. The van der Waals surface area contributed by atoms with Gasteiger partial charge < -0.3 is 33.5 Å². The molecule has 1 aliphatic heterocycles. The lowest BCUT2D eigenvalue weighted by atomic mass is 10.4. The van der Waals surface area contributed by atoms with Crippen molar-refractivity contribution in [2.45, 2.75) is 6.10 Å². The van der Waals surface area contributed by atoms with Crippen molar-refractivity contribution >= 4 is 0 Å². The van der Waals surface area contributed by atoms with E-state index in [-0.39, 0.29) is 6.10 Å². The van der Waals surface area contributed by atoms with Crippen LogP contribution < -0.4 is 0 Å². The van der Waals surface area contributed by atoms with Crippen molar-refractivity contribution in [1.82, 2.24) is 9.80 Å². The molecule has 0 N–H and O–H groups in total. The summed E-state index contributed by atoms with van der Waals surface area (Å²) in [4.78, 5) is 4.56. The monoisotopic (exact) mass is 360 g/mol. The second-order valence-electron chi connectivity index (χ2n) is 6.23. The Hall–Kier alpha value is -0.540. The van der Waals surface area contributed by atoms with Crippen molar-refractivity contribution in [3.63, 3.8) is 0 Å². The van der Waals surface area contributed by atoms with Crippen molar-refractivity contribution in [3.8, 4) is 0 Å². The van der Waals surface area contributed by atoms with Gasteiger partial charge >= 0.3 is 0 Å². The van der Waals surface area contributed by atoms with Crippen molar-refractivity contribution in [3.05, 3.63) is 12.7 Å². The van der Waals surface area contributed by atoms with Crippen LogP contribution >= 0.6 is 0 Å². The largest absolute Gasteiger partial charge is 0.378 e. The Bertz CT molecular complexity index is 320. The molecule has 1 unspecified atom stereocenters. The molecule has 1 aliphatic rings. The van der Waals surface area contributed by atoms with Crippen LogP contribution in [0, 0.1) is 0 Å². The van der Waals surface area contributed by atoms with E-state index in [1.54, 1.807) is 6.08 Å². The summed E-state index contributed by atoms with van der Waals surface area (Å²) >= 11 is 0. The van der Waals surface area contributed by atoms with Crippen LogP contribution in [0.4, 0.5) is 0 Å². The van der Waals surface area contributed by atoms with Gasteiger partial charge in [-0.15, -0.1) is 6.58 Å². The van der Waals surface area contributed by atoms with E-state index in [1.165, 1.54) is 0 Å². The van der Waals surface area contributed by atoms with E-state index in [0.29, 0.717) is 52.9 Å². The van der Waals surface area contributed by atoms with Gasteiger partial charge in [-0.1, -0.05) is 6.08 Å². The van der Waals surface area contributed by atoms with Gasteiger partial charge in [-0.2, -0.15) is 0 Å². The number of ether oxygens (including phenoxy) is 5. The van der Waals surface area contributed by atoms with E-state index < -0.39 is 0 Å². The highest BCUT2D eigenvalue weighted by Crippen LogP contribution is 1.97. The Balaban J connectivity index is 2.34. The van der Waals surface area contributed by atoms with Crippen molar-refractivity contribution in [2.24, 2.45) is 0 Å². The third-order valence-corrected chi connectivity index (χ3v) is 3.89. The molecule has 0 aliphatic carbocycles. The zero-order valence-electron chi connectivity index (χ0n) is 16.0. The van der Waals surface area contributed by atoms with Crippen LogP contribution in [0.1, 0.15) is 0 Å². The van der Waals surface area contributed by atoms with Crippen LogP contribution in [0.15, 0.2) is 12.7 Å². The molecule has 0 saturated carbocycles. The summed E-state index contributed by atoms with van der Waals surface area (Å²) in [5.74, 6) is 0. The van der Waals surface area contributed by atoms with Gasteiger partial charge in [0.1, 0.15) is 6.10 Å². The minimum absolute atomic E-state index is 0.101. The summed E-state index contributed by atoms with van der Waals surface area (Å²) < 4.78 is 28.2. The molecule has 1 atom stereocenters. The molecule has 0 aromatic rings. The van der Waals surface area contributed by atoms with Crippen LogP contribution in [-0.2, 0) is 23.7 Å². The van der Waals surface area contributed by atoms with Crippen LogP contribution in [0.5, 0.6) is 0 Å². The molecule has 0 aromatic heterocycles. The van der Waals surface area contributed by atoms with Crippen molar-refractivity contribution in [2.75, 3.05) is 99.7 Å². The van der Waals surface area contributed by atoms with E-state index in [2.05, 4.69) is 30.5 Å². The van der Waals surface area contributed by atoms with E-state index in [4.69, 9.17) is 23.7 Å². The number of hydrogen-bond donors (Lipinski definition) is 0. The lowest BCUT2D eigenvalue weighted by Gasteiger charge is -2.22. The minimum Gasteiger partial charge on any atom is -0.378 e. The van der Waals surface area contributed by atoms with Gasteiger partial charge in [0.25, 0.3) is 0 Å². The van der Waals surface area contributed by atoms with Gasteiger partial charge in [0.15, 0.2) is 0 Å². The van der Waals surface area contributed by atoms with Gasteiger partial charge in [0.2, 0.25) is 0 Å². The fraction of sp³-hybridized carbons (Fsp3) is 0.889. The number of hydrogen-bond acceptors (Lipinski definition) is 7. The van der Waals surface area contributed by atoms with Gasteiger partial charge in [0, 0.05) is 26.2 Å². The van der Waals surface area contributed by atoms with Crippen molar-refractivity contribution in [1.29, 1.82) is 0 Å². The zero-order chi connectivity index (χ0) is 18.2. The average Bonchev–Trinajstić information content (AvgIpc) is 2.60. The summed E-state index contributed by atoms with van der Waals surface area (Å²) in [6, 6.07) is 0. The first-order valence-corrected chi connectivity index (χ1v) is 9.13. The third kappa shape index (κ3) is 13.3. The maximum atomic E-state index is 5.80. The SMILES string of the molecule is C=CCOCC1COCCOCCN(C)CCN(C)CCOCCO1. The van der Waals surface area contributed by atoms with E-state index in [0.717, 1.165) is 32.8 Å². The molecule has 0 amide bonds. The van der Waals surface area contributed by atoms with Crippen LogP contribution in [0.3, 0.4) is 0 Å². The molecular weight excluding hydrogens is 324 g/mol. The van der Waals surface area contributed by atoms with Gasteiger partial charge in [-0.3, -0.25) is 0 Å². The lowest BCUT2D eigenvalue weighted by Crippen LogP contribution is -2.34. The average molecular weight is 360 g/mol. The van der Waals surface area contributed by atoms with Gasteiger partial charge in [0.05, 0.1) is 59.5 Å². The van der Waals surface area contributed by atoms with Gasteiger partial charge in [-0.05, 0) is 14.1 Å². The highest BCUT2D eigenvalue weighted by Gasteiger charge is 2.10. The quantitative estimate of drug-likeness (QED) is 0.535. The van der Waals surface area contributed by atoms with E-state index in [1.807, 2.05) is 0 Å². The Morgan fingerprint density at radius 3 is 2.12 bits per heavy atom. The lowest BCUT2D eigenvalue weighted by molar-refractivity contribution is -0.0767. The predicted molar refractivity (Wildman–Crippen MR) is 98.2 cm³/mol. The Kier molecular flexibility index (Phi) is 14.1. The third-order valence-electron chi connectivity index (χ3n) is 3.89. The fourth-order valence-electron chi connectivity index (χ4n) is 2.24. The predicted octanol–water partition coefficient (Wildman–Crippen LogP) is 0.501. The smallest absolute Gasteiger partial charge is 0.104 e. The van der Waals surface area contributed by atoms with Crippen molar-refractivity contribution < 1.29 is 23.7 Å². The van der Waals surface area contributed by atoms with Crippen LogP contribution in [0.2, 0.25) is 0 Å². The Labute approximate surface area is 152 Å². The standard InChI is InChI=1S/C18H36N2O5/c1-4-9-23-16-18-17-24-13-12-21-10-7-19(2)5-6-20(3)8-11-22-14-15-25-18/h4,18H,1,5-17H2,2-3H3. The molecule has 7 heteroatoms. The zero-order valence-corrected chi connectivity index (χ0v) is 16.0. The molecule has 1 heterocycles. The summed E-state index contributed by atoms with van der Waals surface area (Å²) in [5.41, 5.74) is 0. The summed E-state index contributed by atoms with van der Waals surface area (Å²) in [7, 11) is 4.24. The maximum Gasteiger partial charge on any atom is 0.104 e. The molecule has 7 nitrogen and oxygen atoms in total. The molecule has 25 heavy (non-hydrogen) atoms. The summed E-state index contributed by atoms with van der Waals surface area (Å²) in [5, 5.41) is 0. The van der Waals surface area contributed by atoms with Gasteiger partial charge in [-0.25, -0.2) is 0 Å². The first-order valence-electron chi connectivity index (χ1n) is 9.13. The second-order valence-corrected chi connectivity index (χ2v) is 6.23. The van der Waals surface area contributed by atoms with E-state index >= 15 is 0 Å². The molecule has 1 saturated heterocycles. The number of nitrogens with zero attached hydrogens (tertiary/aromatic N) is 2. The van der Waals surface area contributed by atoms with Crippen LogP contribution in [-0.4, -0.2) is 116 Å². The molecule has 0 spiro atoms. The van der Waals surface area contributed by atoms with E-state index in [9.17, 15) is 0 Å². The Morgan fingerprint density at radius 2 is 1.48 bits per heavy atom. The number of rotatable bonds is 4. The van der Waals surface area contributed by atoms with Crippen LogP contribution in [0.25, 0.3) is 0 Å². The Morgan fingerprint density at radius 1 is 0.880 bits per heavy atom. The molecular formula is C18H36N2O5. The molecule has 0 bridgehead atoms. The first-order chi connectivity index (χ1) is 12.2.